The van der Waals surface area contributed by atoms with Gasteiger partial charge in [0.05, 0.1) is 4.90 Å². The number of piperidine rings is 1. The van der Waals surface area contributed by atoms with E-state index in [-0.39, 0.29) is 0 Å². The average molecular weight is 311 g/mol. The molecule has 0 unspecified atom stereocenters. The minimum Gasteiger partial charge on any atom is -0.398 e. The summed E-state index contributed by atoms with van der Waals surface area (Å²) >= 11 is 0. The molecule has 0 amide bonds. The van der Waals surface area contributed by atoms with Gasteiger partial charge in [-0.1, -0.05) is 6.07 Å². The van der Waals surface area contributed by atoms with Crippen LogP contribution in [0.5, 0.6) is 0 Å². The standard InChI is InChI=1S/C15H25N3O2S/c1-11-5-6-14(16)12(2)15(11)21(19,20)18-9-7-13(8-10-18)17(3)4/h5-6,13H,7-10,16H2,1-4H3. The predicted octanol–water partition coefficient (Wildman–Crippen LogP) is 1.60. The minimum absolute atomic E-state index is 0.380. The summed E-state index contributed by atoms with van der Waals surface area (Å²) in [6.45, 7) is 4.74. The molecule has 1 saturated heterocycles. The van der Waals surface area contributed by atoms with Gasteiger partial charge in [0, 0.05) is 24.8 Å². The first-order valence-electron chi connectivity index (χ1n) is 7.27. The van der Waals surface area contributed by atoms with Crippen molar-refractivity contribution in [3.63, 3.8) is 0 Å². The third-order valence-corrected chi connectivity index (χ3v) is 6.59. The first kappa shape index (κ1) is 16.3. The molecule has 6 heteroatoms. The summed E-state index contributed by atoms with van der Waals surface area (Å²) in [5.74, 6) is 0. The molecule has 0 atom stereocenters. The topological polar surface area (TPSA) is 66.6 Å². The van der Waals surface area contributed by atoms with E-state index < -0.39 is 10.0 Å². The minimum atomic E-state index is -3.46. The van der Waals surface area contributed by atoms with Gasteiger partial charge in [0.2, 0.25) is 10.0 Å². The van der Waals surface area contributed by atoms with Crippen LogP contribution >= 0.6 is 0 Å². The number of benzene rings is 1. The monoisotopic (exact) mass is 311 g/mol. The molecule has 0 bridgehead atoms. The van der Waals surface area contributed by atoms with E-state index in [0.29, 0.717) is 35.3 Å². The van der Waals surface area contributed by atoms with Crippen LogP contribution in [0.4, 0.5) is 5.69 Å². The van der Waals surface area contributed by atoms with E-state index in [0.717, 1.165) is 18.4 Å². The number of hydrogen-bond donors (Lipinski definition) is 1. The van der Waals surface area contributed by atoms with E-state index >= 15 is 0 Å². The van der Waals surface area contributed by atoms with E-state index in [2.05, 4.69) is 4.90 Å². The second-order valence-electron chi connectivity index (χ2n) is 6.02. The summed E-state index contributed by atoms with van der Waals surface area (Å²) in [6, 6.07) is 4.00. The number of nitrogens with zero attached hydrogens (tertiary/aromatic N) is 2. The van der Waals surface area contributed by atoms with E-state index in [1.165, 1.54) is 0 Å². The summed E-state index contributed by atoms with van der Waals surface area (Å²) in [5.41, 5.74) is 7.84. The molecule has 21 heavy (non-hydrogen) atoms. The Morgan fingerprint density at radius 3 is 2.29 bits per heavy atom. The van der Waals surface area contributed by atoms with Crippen molar-refractivity contribution in [2.75, 3.05) is 32.9 Å². The van der Waals surface area contributed by atoms with Gasteiger partial charge in [-0.15, -0.1) is 0 Å². The number of sulfonamides is 1. The summed E-state index contributed by atoms with van der Waals surface area (Å²) in [6.07, 6.45) is 1.74. The quantitative estimate of drug-likeness (QED) is 0.861. The van der Waals surface area contributed by atoms with Crippen LogP contribution in [0.1, 0.15) is 24.0 Å². The van der Waals surface area contributed by atoms with Crippen molar-refractivity contribution in [2.45, 2.75) is 37.6 Å². The maximum absolute atomic E-state index is 12.9. The number of nitrogens with two attached hydrogens (primary N) is 1. The van der Waals surface area contributed by atoms with Gasteiger partial charge in [-0.25, -0.2) is 8.42 Å². The lowest BCUT2D eigenvalue weighted by Gasteiger charge is -2.35. The van der Waals surface area contributed by atoms with Crippen LogP contribution in [-0.2, 0) is 10.0 Å². The number of nitrogen functional groups attached to an aromatic ring is 1. The van der Waals surface area contributed by atoms with Crippen LogP contribution in [0.25, 0.3) is 0 Å². The summed E-state index contributed by atoms with van der Waals surface area (Å²) in [4.78, 5) is 2.55. The van der Waals surface area contributed by atoms with Crippen LogP contribution in [-0.4, -0.2) is 50.8 Å². The summed E-state index contributed by atoms with van der Waals surface area (Å²) in [7, 11) is 0.625. The van der Waals surface area contributed by atoms with Crippen molar-refractivity contribution in [1.29, 1.82) is 0 Å². The Kier molecular flexibility index (Phi) is 4.60. The van der Waals surface area contributed by atoms with Crippen molar-refractivity contribution in [1.82, 2.24) is 9.21 Å². The summed E-state index contributed by atoms with van der Waals surface area (Å²) < 4.78 is 27.4. The van der Waals surface area contributed by atoms with E-state index in [1.807, 2.05) is 21.0 Å². The lowest BCUT2D eigenvalue weighted by molar-refractivity contribution is 0.196. The first-order chi connectivity index (χ1) is 9.75. The van der Waals surface area contributed by atoms with Gasteiger partial charge in [-0.05, 0) is 58.0 Å². The van der Waals surface area contributed by atoms with Gasteiger partial charge in [-0.3, -0.25) is 0 Å². The van der Waals surface area contributed by atoms with Gasteiger partial charge in [-0.2, -0.15) is 4.31 Å². The zero-order valence-corrected chi connectivity index (χ0v) is 14.1. The molecule has 2 N–H and O–H groups in total. The molecule has 0 radical (unpaired) electrons. The normalized spacial score (nSPS) is 18.3. The van der Waals surface area contributed by atoms with Gasteiger partial charge in [0.1, 0.15) is 0 Å². The van der Waals surface area contributed by atoms with Crippen LogP contribution in [0, 0.1) is 13.8 Å². The molecule has 2 rings (SSSR count). The maximum atomic E-state index is 12.9. The average Bonchev–Trinajstić information content (AvgIpc) is 2.43. The van der Waals surface area contributed by atoms with E-state index in [9.17, 15) is 8.42 Å². The van der Waals surface area contributed by atoms with Crippen LogP contribution in [0.2, 0.25) is 0 Å². The fourth-order valence-electron chi connectivity index (χ4n) is 2.97. The fraction of sp³-hybridized carbons (Fsp3) is 0.600. The van der Waals surface area contributed by atoms with Crippen molar-refractivity contribution in [3.8, 4) is 0 Å². The highest BCUT2D eigenvalue weighted by molar-refractivity contribution is 7.89. The van der Waals surface area contributed by atoms with Crippen molar-refractivity contribution in [3.05, 3.63) is 23.3 Å². The molecule has 1 aromatic carbocycles. The second-order valence-corrected chi connectivity index (χ2v) is 7.90. The molecule has 0 spiro atoms. The Bertz CT molecular complexity index is 618. The number of aryl methyl sites for hydroxylation is 1. The molecular weight excluding hydrogens is 286 g/mol. The van der Waals surface area contributed by atoms with Crippen molar-refractivity contribution in [2.24, 2.45) is 0 Å². The van der Waals surface area contributed by atoms with Crippen molar-refractivity contribution >= 4 is 15.7 Å². The Hall–Kier alpha value is -1.11. The predicted molar refractivity (Wildman–Crippen MR) is 85.8 cm³/mol. The Labute approximate surface area is 127 Å². The smallest absolute Gasteiger partial charge is 0.243 e. The molecule has 1 heterocycles. The van der Waals surface area contributed by atoms with E-state index in [1.54, 1.807) is 23.4 Å². The fourth-order valence-corrected chi connectivity index (χ4v) is 4.90. The molecule has 0 aliphatic carbocycles. The lowest BCUT2D eigenvalue weighted by Crippen LogP contribution is -2.44. The first-order valence-corrected chi connectivity index (χ1v) is 8.71. The molecule has 118 valence electrons. The zero-order valence-electron chi connectivity index (χ0n) is 13.3. The number of hydrogen-bond acceptors (Lipinski definition) is 4. The molecule has 0 aromatic heterocycles. The molecule has 5 nitrogen and oxygen atoms in total. The Morgan fingerprint density at radius 1 is 1.19 bits per heavy atom. The van der Waals surface area contributed by atoms with Crippen LogP contribution in [0.3, 0.4) is 0 Å². The zero-order chi connectivity index (χ0) is 15.8. The van der Waals surface area contributed by atoms with Crippen LogP contribution in [0.15, 0.2) is 17.0 Å². The van der Waals surface area contributed by atoms with E-state index in [4.69, 9.17) is 5.73 Å². The lowest BCUT2D eigenvalue weighted by atomic mass is 10.1. The van der Waals surface area contributed by atoms with Gasteiger partial charge in [0.25, 0.3) is 0 Å². The van der Waals surface area contributed by atoms with Crippen molar-refractivity contribution < 1.29 is 8.42 Å². The number of anilines is 1. The third kappa shape index (κ3) is 3.07. The maximum Gasteiger partial charge on any atom is 0.243 e. The highest BCUT2D eigenvalue weighted by Gasteiger charge is 2.32. The van der Waals surface area contributed by atoms with Gasteiger partial charge in [0.15, 0.2) is 0 Å². The highest BCUT2D eigenvalue weighted by atomic mass is 32.2. The second kappa shape index (κ2) is 5.94. The molecular formula is C15H25N3O2S. The van der Waals surface area contributed by atoms with Crippen LogP contribution < -0.4 is 5.73 Å². The van der Waals surface area contributed by atoms with Gasteiger partial charge < -0.3 is 10.6 Å². The molecule has 1 aliphatic rings. The Balaban J connectivity index is 2.30. The largest absolute Gasteiger partial charge is 0.398 e. The SMILES string of the molecule is Cc1ccc(N)c(C)c1S(=O)(=O)N1CCC(N(C)C)CC1. The highest BCUT2D eigenvalue weighted by Crippen LogP contribution is 2.29. The third-order valence-electron chi connectivity index (χ3n) is 4.40. The molecule has 1 aromatic rings. The molecule has 0 saturated carbocycles. The Morgan fingerprint density at radius 2 is 1.76 bits per heavy atom. The number of rotatable bonds is 3. The molecule has 1 fully saturated rings. The summed E-state index contributed by atoms with van der Waals surface area (Å²) in [5, 5.41) is 0. The molecule has 1 aliphatic heterocycles. The van der Waals surface area contributed by atoms with Gasteiger partial charge >= 0.3 is 0 Å².